The number of likely N-dealkylation sites (N-methyl/N-ethyl adjacent to an activating group) is 1. The number of aliphatic carboxylic acids is 1. The molecule has 0 aliphatic rings. The summed E-state index contributed by atoms with van der Waals surface area (Å²) in [7, 11) is 1.73. The van der Waals surface area contributed by atoms with E-state index in [1.165, 1.54) is 0 Å². The first-order valence-electron chi connectivity index (χ1n) is 4.43. The Labute approximate surface area is 90.8 Å². The Balaban J connectivity index is 2.42. The van der Waals surface area contributed by atoms with Crippen molar-refractivity contribution in [3.8, 4) is 0 Å². The number of carbonyl (C=O) groups is 1. The fraction of sp³-hybridized carbons (Fsp3) is 0.200. The number of fused-ring (bicyclic) bond motifs is 1. The maximum atomic E-state index is 10.6. The number of hydrogen-bond donors (Lipinski definition) is 1. The summed E-state index contributed by atoms with van der Waals surface area (Å²) >= 11 is 1.62. The molecule has 0 spiro atoms. The molecule has 0 unspecified atom stereocenters. The summed E-state index contributed by atoms with van der Waals surface area (Å²) in [6.45, 7) is -0.0397. The average Bonchev–Trinajstić information content (AvgIpc) is 2.63. The van der Waals surface area contributed by atoms with Crippen LogP contribution < -0.4 is 4.90 Å². The summed E-state index contributed by atoms with van der Waals surface area (Å²) in [6, 6.07) is 3.89. The Hall–Kier alpha value is -1.62. The number of aromatic nitrogens is 1. The van der Waals surface area contributed by atoms with E-state index >= 15 is 0 Å². The summed E-state index contributed by atoms with van der Waals surface area (Å²) in [4.78, 5) is 16.4. The van der Waals surface area contributed by atoms with Gasteiger partial charge in [0.15, 0.2) is 0 Å². The summed E-state index contributed by atoms with van der Waals surface area (Å²) in [5.74, 6) is -0.136. The lowest BCUT2D eigenvalue weighted by molar-refractivity contribution is -0.135. The molecule has 0 radical (unpaired) electrons. The Kier molecular flexibility index (Phi) is 2.55. The Morgan fingerprint density at radius 1 is 1.60 bits per heavy atom. The number of thiophene rings is 1. The van der Waals surface area contributed by atoms with Gasteiger partial charge in [0, 0.05) is 23.3 Å². The lowest BCUT2D eigenvalue weighted by Gasteiger charge is -2.15. The molecule has 0 atom stereocenters. The van der Waals surface area contributed by atoms with Gasteiger partial charge in [-0.25, -0.2) is 4.98 Å². The van der Waals surface area contributed by atoms with Gasteiger partial charge in [0.1, 0.15) is 12.4 Å². The van der Waals surface area contributed by atoms with Gasteiger partial charge in [-0.1, -0.05) is 0 Å². The molecular formula is C10H10N2O2S. The van der Waals surface area contributed by atoms with Crippen LogP contribution in [0.25, 0.3) is 10.1 Å². The zero-order valence-corrected chi connectivity index (χ0v) is 8.99. The van der Waals surface area contributed by atoms with Gasteiger partial charge in [-0.15, -0.1) is 11.3 Å². The Morgan fingerprint density at radius 3 is 3.13 bits per heavy atom. The van der Waals surface area contributed by atoms with E-state index in [0.717, 1.165) is 15.9 Å². The van der Waals surface area contributed by atoms with Crippen molar-refractivity contribution in [3.63, 3.8) is 0 Å². The normalized spacial score (nSPS) is 10.5. The molecule has 0 aliphatic heterocycles. The first-order chi connectivity index (χ1) is 7.18. The van der Waals surface area contributed by atoms with E-state index in [4.69, 9.17) is 5.11 Å². The van der Waals surface area contributed by atoms with Crippen molar-refractivity contribution in [2.45, 2.75) is 0 Å². The van der Waals surface area contributed by atoms with Gasteiger partial charge >= 0.3 is 5.97 Å². The molecule has 15 heavy (non-hydrogen) atoms. The van der Waals surface area contributed by atoms with Crippen molar-refractivity contribution >= 4 is 33.2 Å². The fourth-order valence-corrected chi connectivity index (χ4v) is 2.24. The topological polar surface area (TPSA) is 53.4 Å². The van der Waals surface area contributed by atoms with Crippen LogP contribution >= 0.6 is 11.3 Å². The van der Waals surface area contributed by atoms with Gasteiger partial charge in [-0.3, -0.25) is 4.79 Å². The number of hydrogen-bond acceptors (Lipinski definition) is 4. The number of nitrogens with zero attached hydrogens (tertiary/aromatic N) is 2. The van der Waals surface area contributed by atoms with E-state index in [1.807, 2.05) is 17.5 Å². The summed E-state index contributed by atoms with van der Waals surface area (Å²) in [6.07, 6.45) is 1.70. The third-order valence-corrected chi connectivity index (χ3v) is 2.97. The van der Waals surface area contributed by atoms with E-state index in [0.29, 0.717) is 0 Å². The Morgan fingerprint density at radius 2 is 2.40 bits per heavy atom. The van der Waals surface area contributed by atoms with Crippen molar-refractivity contribution < 1.29 is 9.90 Å². The van der Waals surface area contributed by atoms with Gasteiger partial charge < -0.3 is 10.0 Å². The first-order valence-corrected chi connectivity index (χ1v) is 5.31. The highest BCUT2D eigenvalue weighted by molar-refractivity contribution is 7.17. The van der Waals surface area contributed by atoms with Crippen LogP contribution in [0.1, 0.15) is 0 Å². The van der Waals surface area contributed by atoms with E-state index in [9.17, 15) is 4.79 Å². The molecule has 0 amide bonds. The van der Waals surface area contributed by atoms with Crippen LogP contribution in [0, 0.1) is 0 Å². The predicted octanol–water partition coefficient (Wildman–Crippen LogP) is 1.82. The molecule has 0 bridgehead atoms. The van der Waals surface area contributed by atoms with E-state index < -0.39 is 5.97 Å². The minimum atomic E-state index is -0.855. The Bertz CT molecular complexity index is 495. The molecule has 2 aromatic rings. The maximum Gasteiger partial charge on any atom is 0.323 e. The van der Waals surface area contributed by atoms with Gasteiger partial charge in [0.25, 0.3) is 0 Å². The van der Waals surface area contributed by atoms with Crippen molar-refractivity contribution in [1.29, 1.82) is 0 Å². The highest BCUT2D eigenvalue weighted by atomic mass is 32.1. The lowest BCUT2D eigenvalue weighted by Crippen LogP contribution is -2.25. The molecule has 2 rings (SSSR count). The zero-order chi connectivity index (χ0) is 10.8. The van der Waals surface area contributed by atoms with Crippen molar-refractivity contribution in [3.05, 3.63) is 23.7 Å². The van der Waals surface area contributed by atoms with Gasteiger partial charge in [-0.05, 0) is 17.5 Å². The molecule has 78 valence electrons. The standard InChI is InChI=1S/C10H10N2O2S/c1-12(6-9(13)14)10-7-3-5-15-8(7)2-4-11-10/h2-5H,6H2,1H3,(H,13,14). The van der Waals surface area contributed by atoms with E-state index in [-0.39, 0.29) is 6.54 Å². The molecule has 0 aliphatic carbocycles. The monoisotopic (exact) mass is 222 g/mol. The van der Waals surface area contributed by atoms with Crippen LogP contribution in [0.2, 0.25) is 0 Å². The maximum absolute atomic E-state index is 10.6. The second kappa shape index (κ2) is 3.86. The van der Waals surface area contributed by atoms with Crippen LogP contribution in [0.4, 0.5) is 5.82 Å². The van der Waals surface area contributed by atoms with Crippen LogP contribution in [-0.2, 0) is 4.79 Å². The van der Waals surface area contributed by atoms with Gasteiger partial charge in [0.2, 0.25) is 0 Å². The van der Waals surface area contributed by atoms with Crippen molar-refractivity contribution in [2.24, 2.45) is 0 Å². The van der Waals surface area contributed by atoms with Crippen molar-refractivity contribution in [2.75, 3.05) is 18.5 Å². The minimum Gasteiger partial charge on any atom is -0.480 e. The smallest absolute Gasteiger partial charge is 0.323 e. The molecule has 1 N–H and O–H groups in total. The van der Waals surface area contributed by atoms with Gasteiger partial charge in [-0.2, -0.15) is 0 Å². The molecule has 4 nitrogen and oxygen atoms in total. The largest absolute Gasteiger partial charge is 0.480 e. The second-order valence-electron chi connectivity index (χ2n) is 3.22. The number of carboxylic acids is 1. The number of rotatable bonds is 3. The minimum absolute atomic E-state index is 0.0397. The molecule has 5 heteroatoms. The predicted molar refractivity (Wildman–Crippen MR) is 60.5 cm³/mol. The lowest BCUT2D eigenvalue weighted by atomic mass is 10.3. The highest BCUT2D eigenvalue weighted by Crippen LogP contribution is 2.27. The van der Waals surface area contributed by atoms with Crippen LogP contribution in [0.15, 0.2) is 23.7 Å². The summed E-state index contributed by atoms with van der Waals surface area (Å²) < 4.78 is 1.12. The zero-order valence-electron chi connectivity index (χ0n) is 8.17. The van der Waals surface area contributed by atoms with Crippen LogP contribution in [0.5, 0.6) is 0 Å². The quantitative estimate of drug-likeness (QED) is 0.860. The highest BCUT2D eigenvalue weighted by Gasteiger charge is 2.10. The average molecular weight is 222 g/mol. The molecule has 2 aromatic heterocycles. The molecule has 0 fully saturated rings. The molecule has 0 saturated heterocycles. The first kappa shape index (κ1) is 9.92. The fourth-order valence-electron chi connectivity index (χ4n) is 1.46. The second-order valence-corrected chi connectivity index (χ2v) is 4.16. The van der Waals surface area contributed by atoms with Crippen molar-refractivity contribution in [1.82, 2.24) is 4.98 Å². The SMILES string of the molecule is CN(CC(=O)O)c1nccc2sccc12. The number of pyridine rings is 1. The molecule has 0 saturated carbocycles. The van der Waals surface area contributed by atoms with E-state index in [2.05, 4.69) is 4.98 Å². The number of anilines is 1. The van der Waals surface area contributed by atoms with Gasteiger partial charge in [0.05, 0.1) is 0 Å². The van der Waals surface area contributed by atoms with E-state index in [1.54, 1.807) is 29.5 Å². The summed E-state index contributed by atoms with van der Waals surface area (Å²) in [5, 5.41) is 11.7. The third kappa shape index (κ3) is 1.92. The van der Waals surface area contributed by atoms with Crippen LogP contribution in [-0.4, -0.2) is 29.7 Å². The number of carboxylic acid groups (broad SMARTS) is 1. The molecule has 0 aromatic carbocycles. The molecule has 2 heterocycles. The third-order valence-electron chi connectivity index (χ3n) is 2.09. The molecular weight excluding hydrogens is 212 g/mol. The van der Waals surface area contributed by atoms with Crippen LogP contribution in [0.3, 0.4) is 0 Å². The summed E-state index contributed by atoms with van der Waals surface area (Å²) in [5.41, 5.74) is 0.